The smallest absolute Gasteiger partial charge is 0.191 e. The Morgan fingerprint density at radius 2 is 1.85 bits per heavy atom. The summed E-state index contributed by atoms with van der Waals surface area (Å²) in [6, 6.07) is 4.70. The van der Waals surface area contributed by atoms with Gasteiger partial charge in [-0.05, 0) is 44.2 Å². The molecule has 0 saturated carbocycles. The molecule has 148 valence electrons. The molecule has 1 aromatic rings. The van der Waals surface area contributed by atoms with E-state index in [1.807, 2.05) is 6.20 Å². The maximum atomic E-state index is 4.70. The van der Waals surface area contributed by atoms with Crippen LogP contribution in [0.1, 0.15) is 58.9 Å². The van der Waals surface area contributed by atoms with E-state index in [0.717, 1.165) is 37.0 Å². The number of halogens is 1. The molecule has 1 aliphatic heterocycles. The van der Waals surface area contributed by atoms with Gasteiger partial charge in [0.1, 0.15) is 5.82 Å². The highest BCUT2D eigenvalue weighted by atomic mass is 127. The zero-order valence-electron chi connectivity index (χ0n) is 16.8. The lowest BCUT2D eigenvalue weighted by Crippen LogP contribution is -2.44. The minimum atomic E-state index is 0. The van der Waals surface area contributed by atoms with Crippen LogP contribution in [0.3, 0.4) is 0 Å². The highest BCUT2D eigenvalue weighted by molar-refractivity contribution is 14.0. The number of rotatable bonds is 6. The first-order valence-electron chi connectivity index (χ1n) is 9.85. The second kappa shape index (κ2) is 12.4. The van der Waals surface area contributed by atoms with Gasteiger partial charge in [-0.25, -0.2) is 9.98 Å². The van der Waals surface area contributed by atoms with Gasteiger partial charge < -0.3 is 15.5 Å². The lowest BCUT2D eigenvalue weighted by atomic mass is 10.1. The number of pyridine rings is 1. The molecule has 2 heterocycles. The van der Waals surface area contributed by atoms with Crippen LogP contribution in [0.25, 0.3) is 0 Å². The van der Waals surface area contributed by atoms with Gasteiger partial charge in [0.05, 0.1) is 6.54 Å². The second-order valence-corrected chi connectivity index (χ2v) is 7.30. The standard InChI is InChI=1S/C20H35N5.HI/c1-5-21-20(24-17(4)16(2)3)23-15-18-10-11-19(22-14-18)25-12-8-6-7-9-13-25;/h10-11,14,16-17H,5-9,12-13,15H2,1-4H3,(H2,21,23,24);1H. The molecule has 2 N–H and O–H groups in total. The minimum absolute atomic E-state index is 0. The molecule has 0 aliphatic carbocycles. The molecule has 1 unspecified atom stereocenters. The van der Waals surface area contributed by atoms with Crippen LogP contribution < -0.4 is 15.5 Å². The molecule has 0 amide bonds. The summed E-state index contributed by atoms with van der Waals surface area (Å²) in [7, 11) is 0. The number of guanidine groups is 1. The largest absolute Gasteiger partial charge is 0.357 e. The first kappa shape index (κ1) is 23.0. The molecule has 2 rings (SSSR count). The molecule has 1 atom stereocenters. The van der Waals surface area contributed by atoms with E-state index in [1.165, 1.54) is 25.7 Å². The normalized spacial score (nSPS) is 16.7. The van der Waals surface area contributed by atoms with Crippen LogP contribution in [-0.2, 0) is 6.54 Å². The van der Waals surface area contributed by atoms with Crippen molar-refractivity contribution in [1.29, 1.82) is 0 Å². The molecule has 0 aromatic carbocycles. The van der Waals surface area contributed by atoms with Crippen LogP contribution in [0.15, 0.2) is 23.3 Å². The van der Waals surface area contributed by atoms with Crippen molar-refractivity contribution in [2.45, 2.75) is 66.0 Å². The molecule has 0 radical (unpaired) electrons. The van der Waals surface area contributed by atoms with E-state index in [0.29, 0.717) is 18.5 Å². The molecule has 5 nitrogen and oxygen atoms in total. The van der Waals surface area contributed by atoms with Gasteiger partial charge in [-0.1, -0.05) is 32.8 Å². The Bertz CT molecular complexity index is 522. The molecule has 6 heteroatoms. The van der Waals surface area contributed by atoms with E-state index in [2.05, 4.69) is 60.3 Å². The van der Waals surface area contributed by atoms with Crippen molar-refractivity contribution < 1.29 is 0 Å². The van der Waals surface area contributed by atoms with Crippen LogP contribution in [0.4, 0.5) is 5.82 Å². The van der Waals surface area contributed by atoms with Crippen LogP contribution in [0.5, 0.6) is 0 Å². The van der Waals surface area contributed by atoms with Crippen molar-refractivity contribution in [2.24, 2.45) is 10.9 Å². The average Bonchev–Trinajstić information content (AvgIpc) is 2.89. The van der Waals surface area contributed by atoms with Crippen molar-refractivity contribution in [3.63, 3.8) is 0 Å². The fourth-order valence-corrected chi connectivity index (χ4v) is 2.87. The lowest BCUT2D eigenvalue weighted by molar-refractivity contribution is 0.481. The first-order chi connectivity index (χ1) is 12.1. The molecule has 0 bridgehead atoms. The highest BCUT2D eigenvalue weighted by Gasteiger charge is 2.11. The summed E-state index contributed by atoms with van der Waals surface area (Å²) in [5, 5.41) is 6.79. The van der Waals surface area contributed by atoms with Gasteiger partial charge >= 0.3 is 0 Å². The average molecular weight is 473 g/mol. The van der Waals surface area contributed by atoms with Gasteiger partial charge in [0, 0.05) is 31.9 Å². The van der Waals surface area contributed by atoms with Gasteiger partial charge in [0.25, 0.3) is 0 Å². The molecule has 1 fully saturated rings. The Labute approximate surface area is 176 Å². The third-order valence-corrected chi connectivity index (χ3v) is 4.87. The minimum Gasteiger partial charge on any atom is -0.357 e. The molecule has 0 spiro atoms. The molecular formula is C20H36IN5. The number of nitrogens with zero attached hydrogens (tertiary/aromatic N) is 3. The monoisotopic (exact) mass is 473 g/mol. The first-order valence-corrected chi connectivity index (χ1v) is 9.85. The van der Waals surface area contributed by atoms with E-state index < -0.39 is 0 Å². The van der Waals surface area contributed by atoms with Gasteiger partial charge in [-0.2, -0.15) is 0 Å². The predicted molar refractivity (Wildman–Crippen MR) is 123 cm³/mol. The Morgan fingerprint density at radius 1 is 1.15 bits per heavy atom. The van der Waals surface area contributed by atoms with Crippen molar-refractivity contribution in [3.8, 4) is 0 Å². The van der Waals surface area contributed by atoms with Crippen LogP contribution >= 0.6 is 24.0 Å². The van der Waals surface area contributed by atoms with E-state index in [-0.39, 0.29) is 24.0 Å². The van der Waals surface area contributed by atoms with Crippen LogP contribution in [0, 0.1) is 5.92 Å². The third-order valence-electron chi connectivity index (χ3n) is 4.87. The number of anilines is 1. The maximum absolute atomic E-state index is 4.70. The number of aromatic nitrogens is 1. The summed E-state index contributed by atoms with van der Waals surface area (Å²) >= 11 is 0. The van der Waals surface area contributed by atoms with Gasteiger partial charge in [-0.3, -0.25) is 0 Å². The van der Waals surface area contributed by atoms with Gasteiger partial charge in [0.2, 0.25) is 0 Å². The van der Waals surface area contributed by atoms with Crippen molar-refractivity contribution in [1.82, 2.24) is 15.6 Å². The topological polar surface area (TPSA) is 52.6 Å². The summed E-state index contributed by atoms with van der Waals surface area (Å²) in [6.07, 6.45) is 7.22. The van der Waals surface area contributed by atoms with Gasteiger partial charge in [0.15, 0.2) is 5.96 Å². The zero-order valence-corrected chi connectivity index (χ0v) is 19.1. The van der Waals surface area contributed by atoms with Crippen molar-refractivity contribution >= 4 is 35.8 Å². The Morgan fingerprint density at radius 3 is 2.38 bits per heavy atom. The number of nitrogens with one attached hydrogen (secondary N) is 2. The van der Waals surface area contributed by atoms with E-state index >= 15 is 0 Å². The lowest BCUT2D eigenvalue weighted by Gasteiger charge is -2.21. The van der Waals surface area contributed by atoms with E-state index in [1.54, 1.807) is 0 Å². The van der Waals surface area contributed by atoms with E-state index in [4.69, 9.17) is 4.99 Å². The molecule has 1 aliphatic rings. The van der Waals surface area contributed by atoms with Crippen molar-refractivity contribution in [2.75, 3.05) is 24.5 Å². The molecule has 1 saturated heterocycles. The zero-order chi connectivity index (χ0) is 18.1. The SMILES string of the molecule is CCNC(=NCc1ccc(N2CCCCCC2)nc1)NC(C)C(C)C.I. The van der Waals surface area contributed by atoms with Crippen LogP contribution in [-0.4, -0.2) is 36.6 Å². The van der Waals surface area contributed by atoms with E-state index in [9.17, 15) is 0 Å². The van der Waals surface area contributed by atoms with Gasteiger partial charge in [-0.15, -0.1) is 24.0 Å². The number of hydrogen-bond donors (Lipinski definition) is 2. The second-order valence-electron chi connectivity index (χ2n) is 7.30. The molecule has 1 aromatic heterocycles. The number of hydrogen-bond acceptors (Lipinski definition) is 3. The quantitative estimate of drug-likeness (QED) is 0.370. The summed E-state index contributed by atoms with van der Waals surface area (Å²) in [4.78, 5) is 11.8. The Kier molecular flexibility index (Phi) is 10.9. The molecule has 26 heavy (non-hydrogen) atoms. The fraction of sp³-hybridized carbons (Fsp3) is 0.700. The summed E-state index contributed by atoms with van der Waals surface area (Å²) < 4.78 is 0. The number of aliphatic imine (C=N–C) groups is 1. The third kappa shape index (κ3) is 7.68. The Hall–Kier alpha value is -1.05. The maximum Gasteiger partial charge on any atom is 0.191 e. The predicted octanol–water partition coefficient (Wildman–Crippen LogP) is 4.18. The van der Waals surface area contributed by atoms with Crippen LogP contribution in [0.2, 0.25) is 0 Å². The summed E-state index contributed by atoms with van der Waals surface area (Å²) in [5.74, 6) is 2.55. The Balaban J connectivity index is 0.00000338. The summed E-state index contributed by atoms with van der Waals surface area (Å²) in [5.41, 5.74) is 1.15. The summed E-state index contributed by atoms with van der Waals surface area (Å²) in [6.45, 7) is 12.5. The molecular weight excluding hydrogens is 437 g/mol. The highest BCUT2D eigenvalue weighted by Crippen LogP contribution is 2.17. The fourth-order valence-electron chi connectivity index (χ4n) is 2.87. The van der Waals surface area contributed by atoms with Crippen molar-refractivity contribution in [3.05, 3.63) is 23.9 Å².